The van der Waals surface area contributed by atoms with E-state index >= 15 is 0 Å². The zero-order valence-corrected chi connectivity index (χ0v) is 15.7. The molecule has 3 rings (SSSR count). The van der Waals surface area contributed by atoms with Gasteiger partial charge in [-0.15, -0.1) is 11.3 Å². The van der Waals surface area contributed by atoms with E-state index < -0.39 is 0 Å². The fourth-order valence-corrected chi connectivity index (χ4v) is 3.48. The van der Waals surface area contributed by atoms with E-state index in [1.165, 1.54) is 0 Å². The first-order valence-corrected chi connectivity index (χ1v) is 8.81. The summed E-state index contributed by atoms with van der Waals surface area (Å²) in [4.78, 5) is 3.09. The molecule has 2 aromatic heterocycles. The highest BCUT2D eigenvalue weighted by molar-refractivity contribution is 9.11. The number of benzene rings is 1. The maximum atomic E-state index is 5.28. The Kier molecular flexibility index (Phi) is 4.74. The number of anilines is 1. The average Bonchev–Trinajstić information content (AvgIpc) is 3.11. The van der Waals surface area contributed by atoms with Crippen LogP contribution < -0.4 is 4.90 Å². The number of nitrogens with one attached hydrogen (secondary N) is 1. The number of halogens is 1. The molecule has 0 saturated carbocycles. The predicted octanol–water partition coefficient (Wildman–Crippen LogP) is 4.38. The zero-order chi connectivity index (χ0) is 16.4. The van der Waals surface area contributed by atoms with Crippen LogP contribution in [0.3, 0.4) is 0 Å². The topological polar surface area (TPSA) is 49.2 Å². The van der Waals surface area contributed by atoms with E-state index in [1.807, 2.05) is 55.4 Å². The Morgan fingerprint density at radius 2 is 2.00 bits per heavy atom. The Morgan fingerprint density at radius 3 is 2.61 bits per heavy atom. The lowest BCUT2D eigenvalue weighted by Crippen LogP contribution is -2.08. The molecule has 1 aromatic carbocycles. The van der Waals surface area contributed by atoms with Crippen LogP contribution in [0, 0.1) is 4.77 Å². The molecule has 8 heteroatoms. The molecule has 3 aromatic rings. The molecule has 0 unspecified atom stereocenters. The monoisotopic (exact) mass is 407 g/mol. The standard InChI is InChI=1S/C15H14BrN5S2/c1-20(2)11-5-3-10(4-6-11)14-18-19-15(22)21(14)17-9-12-7-8-13(16)23-12/h3-9H,1-2H3,(H,19,22). The van der Waals surface area contributed by atoms with E-state index in [0.717, 1.165) is 19.9 Å². The van der Waals surface area contributed by atoms with Gasteiger partial charge in [0, 0.05) is 30.2 Å². The Labute approximate surface area is 151 Å². The van der Waals surface area contributed by atoms with Gasteiger partial charge in [0.2, 0.25) is 4.77 Å². The fraction of sp³-hybridized carbons (Fsp3) is 0.133. The maximum absolute atomic E-state index is 5.28. The molecule has 0 bridgehead atoms. The molecule has 0 amide bonds. The molecule has 118 valence electrons. The summed E-state index contributed by atoms with van der Waals surface area (Å²) in [6.45, 7) is 0. The van der Waals surface area contributed by atoms with Gasteiger partial charge in [-0.25, -0.2) is 5.10 Å². The van der Waals surface area contributed by atoms with Crippen LogP contribution in [-0.4, -0.2) is 35.2 Å². The van der Waals surface area contributed by atoms with Crippen molar-refractivity contribution in [2.24, 2.45) is 5.10 Å². The van der Waals surface area contributed by atoms with Crippen molar-refractivity contribution in [2.75, 3.05) is 19.0 Å². The molecule has 5 nitrogen and oxygen atoms in total. The molecule has 23 heavy (non-hydrogen) atoms. The number of rotatable bonds is 4. The van der Waals surface area contributed by atoms with Crippen LogP contribution in [0.4, 0.5) is 5.69 Å². The summed E-state index contributed by atoms with van der Waals surface area (Å²) >= 11 is 10.3. The molecule has 0 atom stereocenters. The Balaban J connectivity index is 1.95. The van der Waals surface area contributed by atoms with Gasteiger partial charge in [-0.3, -0.25) is 0 Å². The molecular weight excluding hydrogens is 394 g/mol. The van der Waals surface area contributed by atoms with Gasteiger partial charge in [0.15, 0.2) is 5.82 Å². The van der Waals surface area contributed by atoms with Gasteiger partial charge < -0.3 is 4.90 Å². The van der Waals surface area contributed by atoms with Crippen molar-refractivity contribution in [3.05, 3.63) is 49.8 Å². The van der Waals surface area contributed by atoms with Gasteiger partial charge in [0.1, 0.15) is 0 Å². The van der Waals surface area contributed by atoms with Gasteiger partial charge in [-0.1, -0.05) is 0 Å². The third-order valence-electron chi connectivity index (χ3n) is 3.19. The molecule has 0 saturated heterocycles. The van der Waals surface area contributed by atoms with E-state index in [0.29, 0.717) is 10.6 Å². The summed E-state index contributed by atoms with van der Waals surface area (Å²) in [7, 11) is 4.02. The molecule has 2 heterocycles. The number of H-pyrrole nitrogens is 1. The number of nitrogens with zero attached hydrogens (tertiary/aromatic N) is 4. The van der Waals surface area contributed by atoms with Gasteiger partial charge in [0.05, 0.1) is 10.0 Å². The fourth-order valence-electron chi connectivity index (χ4n) is 2.01. The van der Waals surface area contributed by atoms with Crippen molar-refractivity contribution >= 4 is 51.4 Å². The Hall–Kier alpha value is -1.77. The first kappa shape index (κ1) is 16.1. The molecule has 0 aliphatic rings. The minimum atomic E-state index is 0.462. The molecule has 0 fully saturated rings. The van der Waals surface area contributed by atoms with Crippen molar-refractivity contribution in [2.45, 2.75) is 0 Å². The molecule has 1 N–H and O–H groups in total. The first-order valence-electron chi connectivity index (χ1n) is 6.79. The Bertz CT molecular complexity index is 889. The van der Waals surface area contributed by atoms with E-state index in [9.17, 15) is 0 Å². The van der Waals surface area contributed by atoms with E-state index in [1.54, 1.807) is 22.2 Å². The third-order valence-corrected chi connectivity index (χ3v) is 5.01. The third kappa shape index (κ3) is 3.60. The summed E-state index contributed by atoms with van der Waals surface area (Å²) < 4.78 is 3.16. The van der Waals surface area contributed by atoms with Crippen LogP contribution in [0.2, 0.25) is 0 Å². The van der Waals surface area contributed by atoms with Gasteiger partial charge in [-0.2, -0.15) is 14.9 Å². The maximum Gasteiger partial charge on any atom is 0.216 e. The number of aromatic nitrogens is 3. The highest BCUT2D eigenvalue weighted by Crippen LogP contribution is 2.22. The summed E-state index contributed by atoms with van der Waals surface area (Å²) in [5, 5.41) is 11.5. The van der Waals surface area contributed by atoms with Gasteiger partial charge in [0.25, 0.3) is 0 Å². The predicted molar refractivity (Wildman–Crippen MR) is 102 cm³/mol. The number of hydrogen-bond donors (Lipinski definition) is 1. The normalized spacial score (nSPS) is 11.3. The van der Waals surface area contributed by atoms with E-state index in [4.69, 9.17) is 12.2 Å². The summed E-state index contributed by atoms with van der Waals surface area (Å²) in [5.74, 6) is 0.687. The quantitative estimate of drug-likeness (QED) is 0.515. The molecule has 0 radical (unpaired) electrons. The zero-order valence-electron chi connectivity index (χ0n) is 12.5. The van der Waals surface area contributed by atoms with Crippen molar-refractivity contribution in [3.8, 4) is 11.4 Å². The number of thiophene rings is 1. The molecular formula is C15H14BrN5S2. The van der Waals surface area contributed by atoms with Gasteiger partial charge in [-0.05, 0) is 64.5 Å². The first-order chi connectivity index (χ1) is 11.0. The lowest BCUT2D eigenvalue weighted by Gasteiger charge is -2.12. The summed E-state index contributed by atoms with van der Waals surface area (Å²) in [6.07, 6.45) is 1.78. The highest BCUT2D eigenvalue weighted by Gasteiger charge is 2.08. The van der Waals surface area contributed by atoms with Crippen molar-refractivity contribution in [3.63, 3.8) is 0 Å². The van der Waals surface area contributed by atoms with E-state index in [2.05, 4.69) is 31.2 Å². The van der Waals surface area contributed by atoms with Crippen LogP contribution in [0.25, 0.3) is 11.4 Å². The average molecular weight is 408 g/mol. The van der Waals surface area contributed by atoms with Crippen LogP contribution in [0.15, 0.2) is 45.3 Å². The molecule has 0 aliphatic heterocycles. The SMILES string of the molecule is CN(C)c1ccc(-c2n[nH]c(=S)n2N=Cc2ccc(Br)s2)cc1. The lowest BCUT2D eigenvalue weighted by atomic mass is 10.2. The second-order valence-corrected chi connectivity index (χ2v) is 7.87. The highest BCUT2D eigenvalue weighted by atomic mass is 79.9. The van der Waals surface area contributed by atoms with Crippen LogP contribution in [0.5, 0.6) is 0 Å². The largest absolute Gasteiger partial charge is 0.378 e. The van der Waals surface area contributed by atoms with Crippen LogP contribution in [0.1, 0.15) is 4.88 Å². The van der Waals surface area contributed by atoms with Crippen molar-refractivity contribution in [1.29, 1.82) is 0 Å². The van der Waals surface area contributed by atoms with Crippen molar-refractivity contribution < 1.29 is 0 Å². The second kappa shape index (κ2) is 6.77. The van der Waals surface area contributed by atoms with Crippen LogP contribution >= 0.6 is 39.5 Å². The molecule has 0 spiro atoms. The van der Waals surface area contributed by atoms with Crippen LogP contribution in [-0.2, 0) is 0 Å². The summed E-state index contributed by atoms with van der Waals surface area (Å²) in [6, 6.07) is 12.1. The van der Waals surface area contributed by atoms with Crippen molar-refractivity contribution in [1.82, 2.24) is 14.9 Å². The smallest absolute Gasteiger partial charge is 0.216 e. The minimum Gasteiger partial charge on any atom is -0.378 e. The number of aromatic amines is 1. The summed E-state index contributed by atoms with van der Waals surface area (Å²) in [5.41, 5.74) is 2.08. The van der Waals surface area contributed by atoms with Gasteiger partial charge >= 0.3 is 0 Å². The second-order valence-electron chi connectivity index (χ2n) is 4.99. The number of hydrogen-bond acceptors (Lipinski definition) is 5. The molecule has 0 aliphatic carbocycles. The minimum absolute atomic E-state index is 0.462. The Morgan fingerprint density at radius 1 is 1.26 bits per heavy atom. The van der Waals surface area contributed by atoms with E-state index in [-0.39, 0.29) is 0 Å². The lowest BCUT2D eigenvalue weighted by molar-refractivity contribution is 0.872.